The third-order valence-electron chi connectivity index (χ3n) is 3.61. The van der Waals surface area contributed by atoms with Crippen LogP contribution < -0.4 is 10.1 Å². The summed E-state index contributed by atoms with van der Waals surface area (Å²) in [6.07, 6.45) is 2.60. The number of amides is 2. The number of hydrogen-bond acceptors (Lipinski definition) is 7. The normalized spacial score (nSPS) is 11.0. The molecule has 0 spiro atoms. The van der Waals surface area contributed by atoms with E-state index in [-0.39, 0.29) is 11.3 Å². The van der Waals surface area contributed by atoms with E-state index in [4.69, 9.17) is 4.74 Å². The molecule has 3 rings (SSSR count). The molecule has 7 nitrogen and oxygen atoms in total. The number of halogens is 2. The molecular formula is C20H14F2N2O5S. The van der Waals surface area contributed by atoms with E-state index in [0.717, 1.165) is 16.3 Å². The van der Waals surface area contributed by atoms with Gasteiger partial charge >= 0.3 is 12.6 Å². The molecule has 0 aliphatic carbocycles. The average molecular weight is 432 g/mol. The van der Waals surface area contributed by atoms with Gasteiger partial charge in [-0.15, -0.1) is 11.3 Å². The van der Waals surface area contributed by atoms with Gasteiger partial charge < -0.3 is 9.47 Å². The molecule has 154 valence electrons. The Morgan fingerprint density at radius 2 is 1.83 bits per heavy atom. The fourth-order valence-electron chi connectivity index (χ4n) is 2.31. The second kappa shape index (κ2) is 9.70. The number of alkyl halides is 2. The molecule has 2 amide bonds. The van der Waals surface area contributed by atoms with Gasteiger partial charge in [0.05, 0.1) is 10.2 Å². The molecule has 0 saturated carbocycles. The van der Waals surface area contributed by atoms with E-state index in [1.807, 2.05) is 29.6 Å². The molecule has 1 N–H and O–H groups in total. The van der Waals surface area contributed by atoms with Crippen LogP contribution in [0.5, 0.6) is 5.75 Å². The molecule has 0 radical (unpaired) electrons. The SMILES string of the molecule is O=C(COC(=O)/C=C/c1nc2ccccc2s1)NC(=O)c1ccc(OC(F)F)cc1. The maximum Gasteiger partial charge on any atom is 0.387 e. The molecule has 0 bridgehead atoms. The lowest BCUT2D eigenvalue weighted by Gasteiger charge is -2.06. The first-order valence-electron chi connectivity index (χ1n) is 8.50. The molecule has 0 aliphatic heterocycles. The molecule has 10 heteroatoms. The number of nitrogens with one attached hydrogen (secondary N) is 1. The van der Waals surface area contributed by atoms with Gasteiger partial charge in [0.25, 0.3) is 11.8 Å². The Morgan fingerprint density at radius 1 is 1.10 bits per heavy atom. The topological polar surface area (TPSA) is 94.6 Å². The Balaban J connectivity index is 1.46. The first kappa shape index (κ1) is 21.1. The fourth-order valence-corrected chi connectivity index (χ4v) is 3.18. The van der Waals surface area contributed by atoms with Gasteiger partial charge in [-0.2, -0.15) is 8.78 Å². The number of para-hydroxylation sites is 1. The van der Waals surface area contributed by atoms with Gasteiger partial charge in [0.1, 0.15) is 10.8 Å². The maximum absolute atomic E-state index is 12.1. The quantitative estimate of drug-likeness (QED) is 0.454. The number of fused-ring (bicyclic) bond motifs is 1. The average Bonchev–Trinajstić information content (AvgIpc) is 3.14. The summed E-state index contributed by atoms with van der Waals surface area (Å²) in [5, 5.41) is 2.63. The van der Waals surface area contributed by atoms with Crippen LogP contribution in [0.25, 0.3) is 16.3 Å². The lowest BCUT2D eigenvalue weighted by Crippen LogP contribution is -2.34. The summed E-state index contributed by atoms with van der Waals surface area (Å²) in [6.45, 7) is -3.65. The van der Waals surface area contributed by atoms with E-state index in [1.165, 1.54) is 41.7 Å². The molecule has 2 aromatic carbocycles. The van der Waals surface area contributed by atoms with Gasteiger partial charge in [0.2, 0.25) is 0 Å². The lowest BCUT2D eigenvalue weighted by atomic mass is 10.2. The van der Waals surface area contributed by atoms with Crippen molar-refractivity contribution in [3.8, 4) is 5.75 Å². The Labute approximate surface area is 172 Å². The Hall–Kier alpha value is -3.66. The zero-order valence-corrected chi connectivity index (χ0v) is 16.0. The van der Waals surface area contributed by atoms with Crippen LogP contribution >= 0.6 is 11.3 Å². The highest BCUT2D eigenvalue weighted by molar-refractivity contribution is 7.19. The second-order valence-electron chi connectivity index (χ2n) is 5.74. The first-order valence-corrected chi connectivity index (χ1v) is 9.32. The summed E-state index contributed by atoms with van der Waals surface area (Å²) in [5.41, 5.74) is 0.856. The van der Waals surface area contributed by atoms with Crippen molar-refractivity contribution in [2.75, 3.05) is 6.61 Å². The van der Waals surface area contributed by atoms with Crippen molar-refractivity contribution >= 4 is 45.4 Å². The van der Waals surface area contributed by atoms with Gasteiger partial charge in [0.15, 0.2) is 6.61 Å². The standard InChI is InChI=1S/C20H14F2N2O5S/c21-20(22)29-13-7-5-12(6-8-13)19(27)24-16(25)11-28-18(26)10-9-17-23-14-3-1-2-4-15(14)30-17/h1-10,20H,11H2,(H,24,25,27)/b10-9+. The number of esters is 1. The van der Waals surface area contributed by atoms with Gasteiger partial charge in [-0.1, -0.05) is 12.1 Å². The number of rotatable bonds is 7. The molecule has 1 heterocycles. The highest BCUT2D eigenvalue weighted by atomic mass is 32.1. The van der Waals surface area contributed by atoms with E-state index >= 15 is 0 Å². The zero-order chi connectivity index (χ0) is 21.5. The van der Waals surface area contributed by atoms with Crippen molar-refractivity contribution < 1.29 is 32.6 Å². The third-order valence-corrected chi connectivity index (χ3v) is 4.61. The summed E-state index contributed by atoms with van der Waals surface area (Å²) in [6, 6.07) is 12.3. The number of nitrogens with zero attached hydrogens (tertiary/aromatic N) is 1. The monoisotopic (exact) mass is 432 g/mol. The smallest absolute Gasteiger partial charge is 0.387 e. The van der Waals surface area contributed by atoms with E-state index in [9.17, 15) is 23.2 Å². The highest BCUT2D eigenvalue weighted by Gasteiger charge is 2.13. The van der Waals surface area contributed by atoms with Crippen LogP contribution in [0.3, 0.4) is 0 Å². The van der Waals surface area contributed by atoms with Crippen LogP contribution in [0, 0.1) is 0 Å². The van der Waals surface area contributed by atoms with Crippen molar-refractivity contribution in [3.63, 3.8) is 0 Å². The summed E-state index contributed by atoms with van der Waals surface area (Å²) in [4.78, 5) is 39.8. The highest BCUT2D eigenvalue weighted by Crippen LogP contribution is 2.22. The second-order valence-corrected chi connectivity index (χ2v) is 6.80. The molecule has 30 heavy (non-hydrogen) atoms. The predicted octanol–water partition coefficient (Wildman–Crippen LogP) is 3.41. The van der Waals surface area contributed by atoms with Crippen LogP contribution in [-0.2, 0) is 14.3 Å². The van der Waals surface area contributed by atoms with E-state index in [0.29, 0.717) is 5.01 Å². The van der Waals surface area contributed by atoms with Crippen molar-refractivity contribution in [3.05, 3.63) is 65.2 Å². The maximum atomic E-state index is 12.1. The number of imide groups is 1. The number of benzene rings is 2. The summed E-state index contributed by atoms with van der Waals surface area (Å²) >= 11 is 1.39. The number of ether oxygens (including phenoxy) is 2. The lowest BCUT2D eigenvalue weighted by molar-refractivity contribution is -0.143. The molecule has 0 atom stereocenters. The van der Waals surface area contributed by atoms with Gasteiger partial charge in [-0.3, -0.25) is 14.9 Å². The molecule has 0 unspecified atom stereocenters. The van der Waals surface area contributed by atoms with Crippen molar-refractivity contribution in [2.24, 2.45) is 0 Å². The van der Waals surface area contributed by atoms with E-state index in [1.54, 1.807) is 0 Å². The van der Waals surface area contributed by atoms with Crippen LogP contribution in [0.1, 0.15) is 15.4 Å². The van der Waals surface area contributed by atoms with Crippen molar-refractivity contribution in [1.29, 1.82) is 0 Å². The number of thiazole rings is 1. The minimum atomic E-state index is -2.98. The number of carbonyl (C=O) groups excluding carboxylic acids is 3. The zero-order valence-electron chi connectivity index (χ0n) is 15.2. The molecule has 0 saturated heterocycles. The van der Waals surface area contributed by atoms with Gasteiger partial charge in [0, 0.05) is 11.6 Å². The Kier molecular flexibility index (Phi) is 6.81. The van der Waals surface area contributed by atoms with Crippen molar-refractivity contribution in [1.82, 2.24) is 10.3 Å². The number of aromatic nitrogens is 1. The summed E-state index contributed by atoms with van der Waals surface area (Å²) in [7, 11) is 0. The first-order chi connectivity index (χ1) is 14.4. The molecular weight excluding hydrogens is 418 g/mol. The van der Waals surface area contributed by atoms with Crippen LogP contribution in [0.15, 0.2) is 54.6 Å². The van der Waals surface area contributed by atoms with Crippen LogP contribution in [0.4, 0.5) is 8.78 Å². The minimum Gasteiger partial charge on any atom is -0.452 e. The molecule has 0 fully saturated rings. The number of hydrogen-bond donors (Lipinski definition) is 1. The fraction of sp³-hybridized carbons (Fsp3) is 0.100. The van der Waals surface area contributed by atoms with Crippen LogP contribution in [0.2, 0.25) is 0 Å². The van der Waals surface area contributed by atoms with Gasteiger partial charge in [-0.05, 0) is 42.5 Å². The molecule has 1 aromatic heterocycles. The van der Waals surface area contributed by atoms with Crippen molar-refractivity contribution in [2.45, 2.75) is 6.61 Å². The largest absolute Gasteiger partial charge is 0.452 e. The Morgan fingerprint density at radius 3 is 2.53 bits per heavy atom. The van der Waals surface area contributed by atoms with E-state index < -0.39 is 31.0 Å². The summed E-state index contributed by atoms with van der Waals surface area (Å²) < 4.78 is 34.1. The third kappa shape index (κ3) is 5.92. The Bertz CT molecular complexity index is 1060. The predicted molar refractivity (Wildman–Crippen MR) is 105 cm³/mol. The molecule has 3 aromatic rings. The summed E-state index contributed by atoms with van der Waals surface area (Å²) in [5.74, 6) is -2.51. The number of carbonyl (C=O) groups is 3. The minimum absolute atomic E-state index is 0.0482. The van der Waals surface area contributed by atoms with E-state index in [2.05, 4.69) is 9.72 Å². The molecule has 0 aliphatic rings. The van der Waals surface area contributed by atoms with Crippen LogP contribution in [-0.4, -0.2) is 36.0 Å². The van der Waals surface area contributed by atoms with Gasteiger partial charge in [-0.25, -0.2) is 9.78 Å².